The summed E-state index contributed by atoms with van der Waals surface area (Å²) in [7, 11) is 0. The molecule has 7 nitrogen and oxygen atoms in total. The fourth-order valence-electron chi connectivity index (χ4n) is 3.16. The summed E-state index contributed by atoms with van der Waals surface area (Å²) in [5.41, 5.74) is 3.16. The number of carbonyl (C=O) groups is 1. The van der Waals surface area contributed by atoms with Crippen LogP contribution in [-0.2, 0) is 10.2 Å². The third kappa shape index (κ3) is 6.24. The van der Waals surface area contributed by atoms with Gasteiger partial charge in [0.25, 0.3) is 5.91 Å². The molecule has 0 atom stereocenters. The van der Waals surface area contributed by atoms with E-state index in [1.54, 1.807) is 6.07 Å². The van der Waals surface area contributed by atoms with Gasteiger partial charge in [-0.3, -0.25) is 9.69 Å². The van der Waals surface area contributed by atoms with Crippen molar-refractivity contribution in [1.29, 1.82) is 0 Å². The second-order valence-electron chi connectivity index (χ2n) is 8.38. The molecule has 2 aromatic rings. The van der Waals surface area contributed by atoms with Crippen molar-refractivity contribution >= 4 is 17.5 Å². The quantitative estimate of drug-likeness (QED) is 0.780. The predicted octanol–water partition coefficient (Wildman–Crippen LogP) is 3.08. The Hall–Kier alpha value is -2.51. The summed E-state index contributed by atoms with van der Waals surface area (Å²) in [6.07, 6.45) is 0. The van der Waals surface area contributed by atoms with Crippen LogP contribution in [-0.4, -0.2) is 60.2 Å². The van der Waals surface area contributed by atoms with Crippen molar-refractivity contribution in [2.75, 3.05) is 50.0 Å². The Morgan fingerprint density at radius 1 is 1.14 bits per heavy atom. The molecule has 0 aliphatic carbocycles. The molecule has 29 heavy (non-hydrogen) atoms. The molecule has 3 rings (SSSR count). The lowest BCUT2D eigenvalue weighted by atomic mass is 9.87. The minimum Gasteiger partial charge on any atom is -0.379 e. The highest BCUT2D eigenvalue weighted by atomic mass is 16.5. The summed E-state index contributed by atoms with van der Waals surface area (Å²) in [6.45, 7) is 13.4. The Bertz CT molecular complexity index is 824. The highest BCUT2D eigenvalue weighted by Crippen LogP contribution is 2.23. The molecule has 1 amide bonds. The molecule has 2 heterocycles. The number of aromatic nitrogens is 2. The van der Waals surface area contributed by atoms with Crippen molar-refractivity contribution in [2.24, 2.45) is 0 Å². The van der Waals surface area contributed by atoms with E-state index in [2.05, 4.69) is 46.3 Å². The van der Waals surface area contributed by atoms with Crippen LogP contribution in [0.25, 0.3) is 0 Å². The fraction of sp³-hybridized carbons (Fsp3) is 0.500. The number of benzene rings is 1. The first-order valence-electron chi connectivity index (χ1n) is 10.1. The Labute approximate surface area is 172 Å². The van der Waals surface area contributed by atoms with Crippen molar-refractivity contribution in [1.82, 2.24) is 14.9 Å². The van der Waals surface area contributed by atoms with Crippen molar-refractivity contribution in [3.8, 4) is 0 Å². The van der Waals surface area contributed by atoms with Crippen LogP contribution in [0.4, 0.5) is 11.6 Å². The molecule has 1 saturated heterocycles. The topological polar surface area (TPSA) is 79.4 Å². The zero-order valence-electron chi connectivity index (χ0n) is 17.8. The monoisotopic (exact) mass is 397 g/mol. The van der Waals surface area contributed by atoms with Crippen LogP contribution >= 0.6 is 0 Å². The minimum absolute atomic E-state index is 0.0775. The summed E-state index contributed by atoms with van der Waals surface area (Å²) in [5, 5.41) is 6.15. The van der Waals surface area contributed by atoms with Crippen LogP contribution < -0.4 is 10.6 Å². The normalized spacial score (nSPS) is 15.2. The number of rotatable bonds is 6. The van der Waals surface area contributed by atoms with Gasteiger partial charge in [-0.1, -0.05) is 32.9 Å². The molecule has 0 spiro atoms. The number of morpholine rings is 1. The van der Waals surface area contributed by atoms with E-state index in [-0.39, 0.29) is 11.3 Å². The molecule has 2 N–H and O–H groups in total. The van der Waals surface area contributed by atoms with Crippen molar-refractivity contribution in [3.05, 3.63) is 47.3 Å². The van der Waals surface area contributed by atoms with Crippen LogP contribution in [0, 0.1) is 6.92 Å². The summed E-state index contributed by atoms with van der Waals surface area (Å²) in [6, 6.07) is 9.63. The lowest BCUT2D eigenvalue weighted by molar-refractivity contribution is 0.0398. The van der Waals surface area contributed by atoms with Gasteiger partial charge in [0.05, 0.1) is 13.2 Å². The van der Waals surface area contributed by atoms with Gasteiger partial charge in [0.2, 0.25) is 5.95 Å². The molecule has 1 aliphatic rings. The van der Waals surface area contributed by atoms with E-state index in [0.29, 0.717) is 11.6 Å². The van der Waals surface area contributed by atoms with E-state index in [9.17, 15) is 4.79 Å². The van der Waals surface area contributed by atoms with Crippen LogP contribution in [0.2, 0.25) is 0 Å². The van der Waals surface area contributed by atoms with Gasteiger partial charge < -0.3 is 15.4 Å². The van der Waals surface area contributed by atoms with E-state index in [1.165, 1.54) is 5.56 Å². The van der Waals surface area contributed by atoms with Gasteiger partial charge in [0.1, 0.15) is 5.69 Å². The first-order valence-corrected chi connectivity index (χ1v) is 10.1. The molecule has 1 fully saturated rings. The number of ether oxygens (including phenoxy) is 1. The maximum atomic E-state index is 12.7. The summed E-state index contributed by atoms with van der Waals surface area (Å²) in [5.74, 6) is 0.238. The van der Waals surface area contributed by atoms with Gasteiger partial charge in [0, 0.05) is 37.6 Å². The van der Waals surface area contributed by atoms with Crippen molar-refractivity contribution < 1.29 is 9.53 Å². The number of nitrogens with zero attached hydrogens (tertiary/aromatic N) is 3. The molecule has 156 valence electrons. The maximum absolute atomic E-state index is 12.7. The number of carbonyl (C=O) groups excluding carboxylic acids is 1. The third-order valence-electron chi connectivity index (χ3n) is 4.91. The standard InChI is InChI=1S/C22H31N5O2/c1-16-15-19(20(28)25-18-7-5-17(6-8-18)22(2,3)4)26-21(24-16)23-9-10-27-11-13-29-14-12-27/h5-8,15H,9-14H2,1-4H3,(H,25,28)(H,23,24,26). The van der Waals surface area contributed by atoms with Gasteiger partial charge >= 0.3 is 0 Å². The Kier molecular flexibility index (Phi) is 6.82. The zero-order chi connectivity index (χ0) is 20.9. The molecule has 0 bridgehead atoms. The average molecular weight is 398 g/mol. The van der Waals surface area contributed by atoms with Crippen LogP contribution in [0.15, 0.2) is 30.3 Å². The molecule has 1 aromatic heterocycles. The van der Waals surface area contributed by atoms with E-state index in [4.69, 9.17) is 4.74 Å². The second kappa shape index (κ2) is 9.33. The average Bonchev–Trinajstić information content (AvgIpc) is 2.68. The highest BCUT2D eigenvalue weighted by Gasteiger charge is 2.15. The molecule has 0 saturated carbocycles. The zero-order valence-corrected chi connectivity index (χ0v) is 17.8. The second-order valence-corrected chi connectivity index (χ2v) is 8.38. The Balaban J connectivity index is 1.60. The van der Waals surface area contributed by atoms with E-state index in [1.807, 2.05) is 31.2 Å². The van der Waals surface area contributed by atoms with E-state index < -0.39 is 0 Å². The number of aryl methyl sites for hydroxylation is 1. The van der Waals surface area contributed by atoms with E-state index in [0.717, 1.165) is 50.8 Å². The summed E-state index contributed by atoms with van der Waals surface area (Å²) < 4.78 is 5.36. The lowest BCUT2D eigenvalue weighted by Crippen LogP contribution is -2.39. The largest absolute Gasteiger partial charge is 0.379 e. The molecular formula is C22H31N5O2. The van der Waals surface area contributed by atoms with Gasteiger partial charge in [-0.05, 0) is 36.1 Å². The van der Waals surface area contributed by atoms with Crippen molar-refractivity contribution in [2.45, 2.75) is 33.1 Å². The Morgan fingerprint density at radius 3 is 2.48 bits per heavy atom. The predicted molar refractivity (Wildman–Crippen MR) is 116 cm³/mol. The number of hydrogen-bond donors (Lipinski definition) is 2. The molecular weight excluding hydrogens is 366 g/mol. The fourth-order valence-corrected chi connectivity index (χ4v) is 3.16. The number of hydrogen-bond acceptors (Lipinski definition) is 6. The lowest BCUT2D eigenvalue weighted by Gasteiger charge is -2.26. The Morgan fingerprint density at radius 2 is 1.83 bits per heavy atom. The minimum atomic E-state index is -0.241. The molecule has 7 heteroatoms. The molecule has 0 radical (unpaired) electrons. The van der Waals surface area contributed by atoms with Crippen LogP contribution in [0.1, 0.15) is 42.5 Å². The summed E-state index contributed by atoms with van der Waals surface area (Å²) >= 11 is 0. The molecule has 1 aliphatic heterocycles. The number of anilines is 2. The van der Waals surface area contributed by atoms with Crippen LogP contribution in [0.5, 0.6) is 0 Å². The van der Waals surface area contributed by atoms with E-state index >= 15 is 0 Å². The maximum Gasteiger partial charge on any atom is 0.274 e. The first kappa shape index (κ1) is 21.2. The van der Waals surface area contributed by atoms with Gasteiger partial charge in [-0.15, -0.1) is 0 Å². The van der Waals surface area contributed by atoms with Gasteiger partial charge in [-0.2, -0.15) is 0 Å². The van der Waals surface area contributed by atoms with Gasteiger partial charge in [-0.25, -0.2) is 9.97 Å². The molecule has 1 aromatic carbocycles. The third-order valence-corrected chi connectivity index (χ3v) is 4.91. The number of amides is 1. The van der Waals surface area contributed by atoms with Crippen LogP contribution in [0.3, 0.4) is 0 Å². The smallest absolute Gasteiger partial charge is 0.274 e. The first-order chi connectivity index (χ1) is 13.8. The SMILES string of the molecule is Cc1cc(C(=O)Nc2ccc(C(C)(C)C)cc2)nc(NCCN2CCOCC2)n1. The summed E-state index contributed by atoms with van der Waals surface area (Å²) in [4.78, 5) is 23.8. The van der Waals surface area contributed by atoms with Gasteiger partial charge in [0.15, 0.2) is 0 Å². The highest BCUT2D eigenvalue weighted by molar-refractivity contribution is 6.03. The van der Waals surface area contributed by atoms with Crippen molar-refractivity contribution in [3.63, 3.8) is 0 Å². The molecule has 0 unspecified atom stereocenters. The number of nitrogens with one attached hydrogen (secondary N) is 2.